The van der Waals surface area contributed by atoms with E-state index in [-0.39, 0.29) is 5.69 Å². The van der Waals surface area contributed by atoms with Crippen molar-refractivity contribution in [3.63, 3.8) is 0 Å². The summed E-state index contributed by atoms with van der Waals surface area (Å²) in [5.41, 5.74) is 0.956. The monoisotopic (exact) mass is 487 g/mol. The van der Waals surface area contributed by atoms with Crippen molar-refractivity contribution in [3.05, 3.63) is 83.5 Å². The molecule has 0 saturated carbocycles. The Bertz CT molecular complexity index is 1380. The molecule has 0 saturated heterocycles. The predicted molar refractivity (Wildman–Crippen MR) is 124 cm³/mol. The molecule has 4 rings (SSSR count). The number of halogens is 4. The highest BCUT2D eigenvalue weighted by atomic mass is 35.5. The normalized spacial score (nSPS) is 11.3. The van der Waals surface area contributed by atoms with Crippen molar-refractivity contribution >= 4 is 45.9 Å². The summed E-state index contributed by atoms with van der Waals surface area (Å²) >= 11 is 5.60. The van der Waals surface area contributed by atoms with Crippen molar-refractivity contribution in [1.82, 2.24) is 4.57 Å². The number of ether oxygens (including phenoxy) is 1. The number of aromatic nitrogens is 1. The van der Waals surface area contributed by atoms with Gasteiger partial charge in [-0.1, -0.05) is 17.7 Å². The Morgan fingerprint density at radius 2 is 1.62 bits per heavy atom. The number of esters is 1. The van der Waals surface area contributed by atoms with Gasteiger partial charge in [-0.05, 0) is 60.7 Å². The minimum Gasteiger partial charge on any atom is -0.426 e. The van der Waals surface area contributed by atoms with Gasteiger partial charge in [-0.15, -0.1) is 0 Å². The Balaban J connectivity index is 1.49. The Labute approximate surface area is 196 Å². The maximum atomic E-state index is 13.0. The zero-order valence-electron chi connectivity index (χ0n) is 17.6. The summed E-state index contributed by atoms with van der Waals surface area (Å²) in [6, 6.07) is 16.4. The first-order valence-electron chi connectivity index (χ1n) is 9.95. The molecule has 0 spiro atoms. The van der Waals surface area contributed by atoms with Gasteiger partial charge in [-0.25, -0.2) is 4.79 Å². The summed E-state index contributed by atoms with van der Waals surface area (Å²) in [4.78, 5) is 23.6. The molecule has 10 heteroatoms. The molecule has 1 heterocycles. The van der Waals surface area contributed by atoms with E-state index in [1.807, 2.05) is 22.9 Å². The number of hydrogen-bond acceptors (Lipinski definition) is 3. The third-order valence-electron chi connectivity index (χ3n) is 4.88. The molecule has 0 aliphatic carbocycles. The van der Waals surface area contributed by atoms with E-state index >= 15 is 0 Å². The fraction of sp³-hybridized carbons (Fsp3) is 0.0833. The number of carbonyl (C=O) groups excluding carboxylic acids is 2. The SMILES string of the molecule is CC(=O)Oc1cccc2c1ccn2-c1ccc(NC(=O)Nc2ccc(Cl)c(C(F)(F)F)c2)cc1. The zero-order valence-corrected chi connectivity index (χ0v) is 18.4. The lowest BCUT2D eigenvalue weighted by Crippen LogP contribution is -2.20. The molecule has 2 N–H and O–H groups in total. The van der Waals surface area contributed by atoms with Gasteiger partial charge in [0.2, 0.25) is 0 Å². The van der Waals surface area contributed by atoms with Gasteiger partial charge in [-0.3, -0.25) is 4.79 Å². The van der Waals surface area contributed by atoms with E-state index in [9.17, 15) is 22.8 Å². The van der Waals surface area contributed by atoms with Crippen LogP contribution in [0.3, 0.4) is 0 Å². The molecule has 0 aliphatic rings. The van der Waals surface area contributed by atoms with E-state index in [1.165, 1.54) is 13.0 Å². The molecule has 34 heavy (non-hydrogen) atoms. The van der Waals surface area contributed by atoms with E-state index in [4.69, 9.17) is 16.3 Å². The van der Waals surface area contributed by atoms with Crippen LogP contribution in [0, 0.1) is 0 Å². The smallest absolute Gasteiger partial charge is 0.417 e. The number of alkyl halides is 3. The van der Waals surface area contributed by atoms with Crippen molar-refractivity contribution < 1.29 is 27.5 Å². The van der Waals surface area contributed by atoms with Crippen molar-refractivity contribution in [2.24, 2.45) is 0 Å². The lowest BCUT2D eigenvalue weighted by molar-refractivity contribution is -0.137. The van der Waals surface area contributed by atoms with E-state index in [0.717, 1.165) is 28.7 Å². The molecule has 1 aromatic heterocycles. The van der Waals surface area contributed by atoms with Crippen LogP contribution in [0.4, 0.5) is 29.3 Å². The zero-order chi connectivity index (χ0) is 24.5. The molecular weight excluding hydrogens is 471 g/mol. The lowest BCUT2D eigenvalue weighted by atomic mass is 10.2. The molecule has 0 radical (unpaired) electrons. The summed E-state index contributed by atoms with van der Waals surface area (Å²) in [5.74, 6) is 0.0387. The van der Waals surface area contributed by atoms with Crippen LogP contribution in [0.5, 0.6) is 5.75 Å². The van der Waals surface area contributed by atoms with Crippen molar-refractivity contribution in [3.8, 4) is 11.4 Å². The van der Waals surface area contributed by atoms with Gasteiger partial charge in [0.15, 0.2) is 0 Å². The fourth-order valence-electron chi connectivity index (χ4n) is 3.43. The minimum atomic E-state index is -4.64. The molecule has 0 fully saturated rings. The number of hydrogen-bond donors (Lipinski definition) is 2. The molecule has 0 aliphatic heterocycles. The number of nitrogens with zero attached hydrogens (tertiary/aromatic N) is 1. The molecule has 0 atom stereocenters. The van der Waals surface area contributed by atoms with Crippen LogP contribution in [-0.2, 0) is 11.0 Å². The van der Waals surface area contributed by atoms with E-state index in [0.29, 0.717) is 11.4 Å². The van der Waals surface area contributed by atoms with Crippen LogP contribution >= 0.6 is 11.6 Å². The quantitative estimate of drug-likeness (QED) is 0.244. The summed E-state index contributed by atoms with van der Waals surface area (Å²) in [5, 5.41) is 5.25. The van der Waals surface area contributed by atoms with Gasteiger partial charge < -0.3 is 19.9 Å². The van der Waals surface area contributed by atoms with Gasteiger partial charge in [-0.2, -0.15) is 13.2 Å². The Kier molecular flexibility index (Phi) is 6.21. The molecule has 2 amide bonds. The summed E-state index contributed by atoms with van der Waals surface area (Å²) in [6.45, 7) is 1.33. The first-order valence-corrected chi connectivity index (χ1v) is 10.3. The first kappa shape index (κ1) is 23.2. The number of nitrogens with one attached hydrogen (secondary N) is 2. The van der Waals surface area contributed by atoms with Crippen LogP contribution < -0.4 is 15.4 Å². The van der Waals surface area contributed by atoms with Crippen LogP contribution in [0.15, 0.2) is 72.9 Å². The van der Waals surface area contributed by atoms with Gasteiger partial charge in [0.1, 0.15) is 5.75 Å². The van der Waals surface area contributed by atoms with E-state index in [1.54, 1.807) is 36.4 Å². The lowest BCUT2D eigenvalue weighted by Gasteiger charge is -2.13. The first-order chi connectivity index (χ1) is 16.1. The van der Waals surface area contributed by atoms with Crippen LogP contribution in [0.2, 0.25) is 5.02 Å². The Hall–Kier alpha value is -3.98. The number of anilines is 2. The maximum Gasteiger partial charge on any atom is 0.417 e. The van der Waals surface area contributed by atoms with Gasteiger partial charge in [0.05, 0.1) is 16.1 Å². The summed E-state index contributed by atoms with van der Waals surface area (Å²) in [7, 11) is 0. The van der Waals surface area contributed by atoms with E-state index in [2.05, 4.69) is 10.6 Å². The van der Waals surface area contributed by atoms with Crippen LogP contribution in [-0.4, -0.2) is 16.6 Å². The van der Waals surface area contributed by atoms with Crippen molar-refractivity contribution in [2.75, 3.05) is 10.6 Å². The Morgan fingerprint density at radius 3 is 2.29 bits per heavy atom. The molecule has 3 aromatic carbocycles. The molecule has 6 nitrogen and oxygen atoms in total. The van der Waals surface area contributed by atoms with Crippen LogP contribution in [0.25, 0.3) is 16.6 Å². The highest BCUT2D eigenvalue weighted by molar-refractivity contribution is 6.31. The average Bonchev–Trinajstić information content (AvgIpc) is 3.20. The van der Waals surface area contributed by atoms with Crippen molar-refractivity contribution in [1.29, 1.82) is 0 Å². The highest BCUT2D eigenvalue weighted by Gasteiger charge is 2.33. The van der Waals surface area contributed by atoms with E-state index < -0.39 is 28.8 Å². The molecule has 4 aromatic rings. The fourth-order valence-corrected chi connectivity index (χ4v) is 3.65. The van der Waals surface area contributed by atoms with Gasteiger partial charge in [0.25, 0.3) is 0 Å². The second-order valence-electron chi connectivity index (χ2n) is 7.29. The number of amides is 2. The number of benzene rings is 3. The highest BCUT2D eigenvalue weighted by Crippen LogP contribution is 2.36. The topological polar surface area (TPSA) is 72.4 Å². The third-order valence-corrected chi connectivity index (χ3v) is 5.21. The second kappa shape index (κ2) is 9.11. The number of urea groups is 1. The van der Waals surface area contributed by atoms with Gasteiger partial charge in [0, 0.05) is 35.6 Å². The third kappa shape index (κ3) is 4.99. The second-order valence-corrected chi connectivity index (χ2v) is 7.69. The molecule has 0 bridgehead atoms. The minimum absolute atomic E-state index is 0.0479. The molecule has 0 unspecified atom stereocenters. The van der Waals surface area contributed by atoms with Crippen LogP contribution in [0.1, 0.15) is 12.5 Å². The molecular formula is C24H17ClF3N3O3. The Morgan fingerprint density at radius 1 is 0.941 bits per heavy atom. The number of fused-ring (bicyclic) bond motifs is 1. The number of carbonyl (C=O) groups is 2. The standard InChI is InChI=1S/C24H17ClF3N3O3/c1-14(32)34-22-4-2-3-21-18(22)11-12-31(21)17-8-5-15(6-9-17)29-23(33)30-16-7-10-20(25)19(13-16)24(26,27)28/h2-13H,1H3,(H2,29,30,33). The molecule has 174 valence electrons. The maximum absolute atomic E-state index is 13.0. The predicted octanol–water partition coefficient (Wildman–Crippen LogP) is 6.87. The largest absolute Gasteiger partial charge is 0.426 e. The van der Waals surface area contributed by atoms with Gasteiger partial charge >= 0.3 is 18.2 Å². The summed E-state index contributed by atoms with van der Waals surface area (Å²) in [6.07, 6.45) is -2.81. The number of rotatable bonds is 4. The average molecular weight is 488 g/mol. The van der Waals surface area contributed by atoms with Crippen molar-refractivity contribution in [2.45, 2.75) is 13.1 Å². The summed E-state index contributed by atoms with van der Waals surface area (Å²) < 4.78 is 46.1.